The Morgan fingerprint density at radius 2 is 2.46 bits per heavy atom. The minimum atomic E-state index is 0.898. The number of allylic oxidation sites excluding steroid dienone is 7. The van der Waals surface area contributed by atoms with E-state index in [-0.39, 0.29) is 0 Å². The predicted octanol–water partition coefficient (Wildman–Crippen LogP) is 4.03. The standard InChI is InChI=1S/C7H8.C6H10/c1-2-7-4-3-6(1)5-7;1-3-5-6-4-2/h1-3,7H,4-5H2;3,5-6H,1,4H2,2H3. The topological polar surface area (TPSA) is 0 Å². The van der Waals surface area contributed by atoms with Crippen LogP contribution in [0.2, 0.25) is 0 Å². The van der Waals surface area contributed by atoms with E-state index in [1.165, 1.54) is 12.8 Å². The first-order chi connectivity index (χ1) is 6.36. The van der Waals surface area contributed by atoms with Crippen LogP contribution in [0.5, 0.6) is 0 Å². The smallest absolute Gasteiger partial charge is 0.0155 e. The van der Waals surface area contributed by atoms with Gasteiger partial charge in [0.2, 0.25) is 0 Å². The summed E-state index contributed by atoms with van der Waals surface area (Å²) in [6.07, 6.45) is 16.4. The number of hydrogen-bond donors (Lipinski definition) is 0. The summed E-state index contributed by atoms with van der Waals surface area (Å²) in [6.45, 7) is 5.61. The molecule has 0 nitrogen and oxygen atoms in total. The summed E-state index contributed by atoms with van der Waals surface area (Å²) in [7, 11) is 0. The van der Waals surface area contributed by atoms with Crippen LogP contribution >= 0.6 is 0 Å². The highest BCUT2D eigenvalue weighted by Gasteiger charge is 2.17. The van der Waals surface area contributed by atoms with E-state index in [1.807, 2.05) is 6.08 Å². The van der Waals surface area contributed by atoms with Crippen LogP contribution in [0.15, 0.2) is 48.6 Å². The third kappa shape index (κ3) is 3.45. The second-order valence-corrected chi connectivity index (χ2v) is 3.41. The zero-order valence-electron chi connectivity index (χ0n) is 8.37. The van der Waals surface area contributed by atoms with Crippen molar-refractivity contribution >= 4 is 0 Å². The van der Waals surface area contributed by atoms with E-state index >= 15 is 0 Å². The van der Waals surface area contributed by atoms with Crippen molar-refractivity contribution in [2.24, 2.45) is 5.92 Å². The molecule has 70 valence electrons. The molecule has 0 heteroatoms. The SMILES string of the molecule is C1=CC2CC=C1C2.C=CC=CCC. The van der Waals surface area contributed by atoms with Crippen molar-refractivity contribution in [3.05, 3.63) is 48.6 Å². The van der Waals surface area contributed by atoms with E-state index in [9.17, 15) is 0 Å². The van der Waals surface area contributed by atoms with Crippen molar-refractivity contribution < 1.29 is 0 Å². The molecule has 0 aromatic carbocycles. The van der Waals surface area contributed by atoms with E-state index in [0.29, 0.717) is 0 Å². The van der Waals surface area contributed by atoms with E-state index in [0.717, 1.165) is 12.3 Å². The molecule has 0 heterocycles. The molecule has 0 aromatic heterocycles. The van der Waals surface area contributed by atoms with Crippen LogP contribution in [0.4, 0.5) is 0 Å². The number of fused-ring (bicyclic) bond motifs is 2. The molecule has 0 N–H and O–H groups in total. The highest BCUT2D eigenvalue weighted by Crippen LogP contribution is 2.32. The molecule has 0 radical (unpaired) electrons. The Balaban J connectivity index is 0.000000133. The quantitative estimate of drug-likeness (QED) is 0.554. The van der Waals surface area contributed by atoms with Gasteiger partial charge in [-0.15, -0.1) is 0 Å². The highest BCUT2D eigenvalue weighted by atomic mass is 14.2. The zero-order chi connectivity index (χ0) is 9.52. The van der Waals surface area contributed by atoms with Crippen LogP contribution < -0.4 is 0 Å². The second-order valence-electron chi connectivity index (χ2n) is 3.41. The first-order valence-corrected chi connectivity index (χ1v) is 5.01. The zero-order valence-corrected chi connectivity index (χ0v) is 8.37. The molecule has 2 aliphatic carbocycles. The maximum atomic E-state index is 3.51. The van der Waals surface area contributed by atoms with Gasteiger partial charge in [0, 0.05) is 0 Å². The van der Waals surface area contributed by atoms with Crippen molar-refractivity contribution in [3.8, 4) is 0 Å². The predicted molar refractivity (Wildman–Crippen MR) is 59.6 cm³/mol. The largest absolute Gasteiger partial charge is 0.0991 e. The number of hydrogen-bond acceptors (Lipinski definition) is 0. The fraction of sp³-hybridized carbons (Fsp3) is 0.385. The highest BCUT2D eigenvalue weighted by molar-refractivity contribution is 5.31. The molecule has 1 unspecified atom stereocenters. The Morgan fingerprint density at radius 3 is 2.62 bits per heavy atom. The first kappa shape index (κ1) is 10.0. The summed E-state index contributed by atoms with van der Waals surface area (Å²) in [5.41, 5.74) is 1.56. The normalized spacial score (nSPS) is 22.8. The van der Waals surface area contributed by atoms with Gasteiger partial charge in [-0.25, -0.2) is 0 Å². The minimum absolute atomic E-state index is 0.898. The van der Waals surface area contributed by atoms with Crippen LogP contribution in [-0.4, -0.2) is 0 Å². The van der Waals surface area contributed by atoms with Crippen LogP contribution in [-0.2, 0) is 0 Å². The molecule has 2 bridgehead atoms. The molecular formula is C13H18. The van der Waals surface area contributed by atoms with Crippen molar-refractivity contribution in [1.29, 1.82) is 0 Å². The summed E-state index contributed by atoms with van der Waals surface area (Å²) in [6, 6.07) is 0. The lowest BCUT2D eigenvalue weighted by Gasteiger charge is -1.92. The van der Waals surface area contributed by atoms with Gasteiger partial charge >= 0.3 is 0 Å². The fourth-order valence-electron chi connectivity index (χ4n) is 1.55. The molecule has 0 fully saturated rings. The van der Waals surface area contributed by atoms with Crippen LogP contribution in [0, 0.1) is 5.92 Å². The average Bonchev–Trinajstić information content (AvgIpc) is 2.79. The third-order valence-corrected chi connectivity index (χ3v) is 2.27. The second kappa shape index (κ2) is 5.58. The maximum Gasteiger partial charge on any atom is -0.0155 e. The molecule has 13 heavy (non-hydrogen) atoms. The van der Waals surface area contributed by atoms with Gasteiger partial charge in [-0.3, -0.25) is 0 Å². The lowest BCUT2D eigenvalue weighted by Crippen LogP contribution is -1.80. The van der Waals surface area contributed by atoms with Gasteiger partial charge in [0.05, 0.1) is 0 Å². The Labute approximate surface area is 81.4 Å². The fourth-order valence-corrected chi connectivity index (χ4v) is 1.55. The monoisotopic (exact) mass is 174 g/mol. The van der Waals surface area contributed by atoms with Gasteiger partial charge < -0.3 is 0 Å². The van der Waals surface area contributed by atoms with Crippen LogP contribution in [0.3, 0.4) is 0 Å². The summed E-state index contributed by atoms with van der Waals surface area (Å²) in [4.78, 5) is 0. The lowest BCUT2D eigenvalue weighted by atomic mass is 10.1. The Hall–Kier alpha value is -1.04. The van der Waals surface area contributed by atoms with Gasteiger partial charge in [0.25, 0.3) is 0 Å². The maximum absolute atomic E-state index is 3.51. The molecule has 0 saturated carbocycles. The van der Waals surface area contributed by atoms with Crippen molar-refractivity contribution in [2.45, 2.75) is 26.2 Å². The summed E-state index contributed by atoms with van der Waals surface area (Å²) in [5, 5.41) is 0. The van der Waals surface area contributed by atoms with Crippen molar-refractivity contribution in [2.75, 3.05) is 0 Å². The Morgan fingerprint density at radius 1 is 1.62 bits per heavy atom. The molecular weight excluding hydrogens is 156 g/mol. The molecule has 0 spiro atoms. The van der Waals surface area contributed by atoms with Crippen molar-refractivity contribution in [1.82, 2.24) is 0 Å². The van der Waals surface area contributed by atoms with Gasteiger partial charge in [-0.05, 0) is 25.2 Å². The Kier molecular flexibility index (Phi) is 4.31. The third-order valence-electron chi connectivity index (χ3n) is 2.27. The average molecular weight is 174 g/mol. The minimum Gasteiger partial charge on any atom is -0.0991 e. The molecule has 0 aromatic rings. The molecule has 2 rings (SSSR count). The summed E-state index contributed by atoms with van der Waals surface area (Å²) >= 11 is 0. The van der Waals surface area contributed by atoms with E-state index in [1.54, 1.807) is 11.6 Å². The Bertz CT molecular complexity index is 241. The van der Waals surface area contributed by atoms with E-state index < -0.39 is 0 Å². The lowest BCUT2D eigenvalue weighted by molar-refractivity contribution is 0.729. The van der Waals surface area contributed by atoms with Crippen LogP contribution in [0.25, 0.3) is 0 Å². The molecule has 1 atom stereocenters. The molecule has 0 amide bonds. The van der Waals surface area contributed by atoms with Gasteiger partial charge in [0.1, 0.15) is 0 Å². The van der Waals surface area contributed by atoms with E-state index in [4.69, 9.17) is 0 Å². The molecule has 0 aliphatic heterocycles. The van der Waals surface area contributed by atoms with Gasteiger partial charge in [-0.1, -0.05) is 55.5 Å². The van der Waals surface area contributed by atoms with Crippen molar-refractivity contribution in [3.63, 3.8) is 0 Å². The summed E-state index contributed by atoms with van der Waals surface area (Å²) < 4.78 is 0. The van der Waals surface area contributed by atoms with Gasteiger partial charge in [0.15, 0.2) is 0 Å². The first-order valence-electron chi connectivity index (χ1n) is 5.01. The molecule has 2 aliphatic rings. The summed E-state index contributed by atoms with van der Waals surface area (Å²) in [5.74, 6) is 0.898. The number of rotatable bonds is 2. The van der Waals surface area contributed by atoms with Crippen LogP contribution in [0.1, 0.15) is 26.2 Å². The molecule has 0 saturated heterocycles. The van der Waals surface area contributed by atoms with E-state index in [2.05, 4.69) is 37.8 Å². The van der Waals surface area contributed by atoms with Gasteiger partial charge in [-0.2, -0.15) is 0 Å².